The lowest BCUT2D eigenvalue weighted by molar-refractivity contribution is -0.126. The first kappa shape index (κ1) is 21.9. The summed E-state index contributed by atoms with van der Waals surface area (Å²) < 4.78 is 27.9. The molecule has 1 aromatic rings. The summed E-state index contributed by atoms with van der Waals surface area (Å²) in [5.74, 6) is -0.359. The van der Waals surface area contributed by atoms with Gasteiger partial charge in [-0.2, -0.15) is 0 Å². The van der Waals surface area contributed by atoms with Crippen molar-refractivity contribution in [2.75, 3.05) is 11.9 Å². The summed E-state index contributed by atoms with van der Waals surface area (Å²) in [5, 5.41) is 5.29. The minimum absolute atomic E-state index is 0.0397. The van der Waals surface area contributed by atoms with Crippen LogP contribution in [0.1, 0.15) is 46.5 Å². The molecule has 1 unspecified atom stereocenters. The van der Waals surface area contributed by atoms with Crippen LogP contribution in [-0.4, -0.2) is 38.7 Å². The Bertz CT molecular complexity index is 849. The van der Waals surface area contributed by atoms with Crippen LogP contribution < -0.4 is 15.4 Å². The number of aliphatic imine (C=N–C) groups is 1. The summed E-state index contributed by atoms with van der Waals surface area (Å²) in [6, 6.07) is 5.30. The van der Waals surface area contributed by atoms with Crippen LogP contribution in [0.4, 0.5) is 5.69 Å². The van der Waals surface area contributed by atoms with Crippen LogP contribution in [0.25, 0.3) is 0 Å². The Labute approximate surface area is 166 Å². The number of carbonyl (C=O) groups is 2. The molecule has 0 saturated carbocycles. The highest BCUT2D eigenvalue weighted by molar-refractivity contribution is 7.90. The van der Waals surface area contributed by atoms with Crippen molar-refractivity contribution in [3.05, 3.63) is 24.3 Å². The number of hydrogen-bond acceptors (Lipinski definition) is 5. The third kappa shape index (κ3) is 6.33. The maximum Gasteiger partial charge on any atom is 0.262 e. The molecule has 1 heterocycles. The first-order chi connectivity index (χ1) is 13.2. The molecule has 2 rings (SSSR count). The van der Waals surface area contributed by atoms with Crippen LogP contribution in [0.3, 0.4) is 0 Å². The number of benzene rings is 1. The van der Waals surface area contributed by atoms with Gasteiger partial charge in [-0.1, -0.05) is 26.3 Å². The van der Waals surface area contributed by atoms with Crippen molar-refractivity contribution in [1.29, 1.82) is 0 Å². The van der Waals surface area contributed by atoms with E-state index >= 15 is 0 Å². The SMILES string of the molecule is CC(=O)NC(C(=O)Nc1cccc(S(=O)(=O)NC2=NCCCCC2)c1)C(C)C. The second kappa shape index (κ2) is 9.68. The molecule has 8 nitrogen and oxygen atoms in total. The molecule has 1 aliphatic heterocycles. The van der Waals surface area contributed by atoms with Crippen LogP contribution in [-0.2, 0) is 19.6 Å². The zero-order chi connectivity index (χ0) is 20.7. The average Bonchev–Trinajstić information content (AvgIpc) is 2.87. The lowest BCUT2D eigenvalue weighted by Gasteiger charge is -2.21. The Kier molecular flexibility index (Phi) is 7.56. The molecular weight excluding hydrogens is 380 g/mol. The van der Waals surface area contributed by atoms with Gasteiger partial charge in [-0.3, -0.25) is 19.3 Å². The Hall–Kier alpha value is -2.42. The molecule has 2 amide bonds. The van der Waals surface area contributed by atoms with E-state index in [4.69, 9.17) is 0 Å². The Morgan fingerprint density at radius 1 is 1.14 bits per heavy atom. The van der Waals surface area contributed by atoms with E-state index in [-0.39, 0.29) is 16.7 Å². The number of amides is 2. The Balaban J connectivity index is 2.15. The molecule has 1 atom stereocenters. The van der Waals surface area contributed by atoms with Gasteiger partial charge in [-0.25, -0.2) is 8.42 Å². The van der Waals surface area contributed by atoms with E-state index in [9.17, 15) is 18.0 Å². The van der Waals surface area contributed by atoms with Crippen molar-refractivity contribution in [1.82, 2.24) is 10.0 Å². The molecule has 154 valence electrons. The molecule has 3 N–H and O–H groups in total. The molecule has 1 aromatic carbocycles. The predicted octanol–water partition coefficient (Wildman–Crippen LogP) is 2.04. The van der Waals surface area contributed by atoms with Gasteiger partial charge in [0.25, 0.3) is 10.0 Å². The van der Waals surface area contributed by atoms with E-state index in [0.29, 0.717) is 24.5 Å². The number of amidine groups is 1. The highest BCUT2D eigenvalue weighted by Gasteiger charge is 2.24. The first-order valence-electron chi connectivity index (χ1n) is 9.43. The van der Waals surface area contributed by atoms with Crippen LogP contribution in [0.2, 0.25) is 0 Å². The van der Waals surface area contributed by atoms with Gasteiger partial charge in [0.1, 0.15) is 11.9 Å². The fourth-order valence-corrected chi connectivity index (χ4v) is 4.02. The van der Waals surface area contributed by atoms with Crippen LogP contribution in [0, 0.1) is 5.92 Å². The Morgan fingerprint density at radius 3 is 2.57 bits per heavy atom. The summed E-state index contributed by atoms with van der Waals surface area (Å²) in [7, 11) is -3.79. The Morgan fingerprint density at radius 2 is 1.89 bits per heavy atom. The number of nitrogens with zero attached hydrogens (tertiary/aromatic N) is 1. The smallest absolute Gasteiger partial charge is 0.262 e. The molecule has 28 heavy (non-hydrogen) atoms. The molecule has 0 aliphatic carbocycles. The van der Waals surface area contributed by atoms with Crippen molar-refractivity contribution in [2.45, 2.75) is 57.4 Å². The topological polar surface area (TPSA) is 117 Å². The minimum Gasteiger partial charge on any atom is -0.344 e. The molecule has 0 saturated heterocycles. The molecule has 9 heteroatoms. The molecule has 0 bridgehead atoms. The van der Waals surface area contributed by atoms with E-state index in [1.807, 2.05) is 13.8 Å². The highest BCUT2D eigenvalue weighted by Crippen LogP contribution is 2.17. The quantitative estimate of drug-likeness (QED) is 0.668. The van der Waals surface area contributed by atoms with Crippen molar-refractivity contribution in [3.8, 4) is 0 Å². The minimum atomic E-state index is -3.79. The predicted molar refractivity (Wildman–Crippen MR) is 109 cm³/mol. The van der Waals surface area contributed by atoms with Crippen LogP contribution in [0.5, 0.6) is 0 Å². The standard InChI is InChI=1S/C19H28N4O4S/c1-13(2)18(21-14(3)24)19(25)22-15-8-7-9-16(12-15)28(26,27)23-17-10-5-4-6-11-20-17/h7-9,12-13,18H,4-6,10-11H2,1-3H3,(H,20,23)(H,21,24)(H,22,25). The second-order valence-electron chi connectivity index (χ2n) is 7.18. The lowest BCUT2D eigenvalue weighted by Crippen LogP contribution is -2.46. The van der Waals surface area contributed by atoms with E-state index in [2.05, 4.69) is 20.3 Å². The van der Waals surface area contributed by atoms with E-state index in [0.717, 1.165) is 19.3 Å². The zero-order valence-corrected chi connectivity index (χ0v) is 17.3. The molecule has 0 radical (unpaired) electrons. The number of nitrogens with one attached hydrogen (secondary N) is 3. The van der Waals surface area contributed by atoms with Gasteiger partial charge >= 0.3 is 0 Å². The van der Waals surface area contributed by atoms with E-state index in [1.54, 1.807) is 12.1 Å². The summed E-state index contributed by atoms with van der Waals surface area (Å²) in [6.45, 7) is 5.60. The fraction of sp³-hybridized carbons (Fsp3) is 0.526. The second-order valence-corrected chi connectivity index (χ2v) is 8.87. The maximum absolute atomic E-state index is 12.7. The summed E-state index contributed by atoms with van der Waals surface area (Å²) in [6.07, 6.45) is 3.49. The summed E-state index contributed by atoms with van der Waals surface area (Å²) in [4.78, 5) is 28.2. The molecule has 0 spiro atoms. The summed E-state index contributed by atoms with van der Waals surface area (Å²) >= 11 is 0. The van der Waals surface area contributed by atoms with E-state index in [1.165, 1.54) is 19.1 Å². The van der Waals surface area contributed by atoms with Gasteiger partial charge in [-0.15, -0.1) is 0 Å². The fourth-order valence-electron chi connectivity index (χ4n) is 2.89. The molecule has 1 aliphatic rings. The van der Waals surface area contributed by atoms with Crippen molar-refractivity contribution >= 4 is 33.4 Å². The van der Waals surface area contributed by atoms with Gasteiger partial charge in [-0.05, 0) is 37.0 Å². The third-order valence-corrected chi connectivity index (χ3v) is 5.73. The largest absolute Gasteiger partial charge is 0.344 e. The van der Waals surface area contributed by atoms with Gasteiger partial charge in [0.15, 0.2) is 0 Å². The van der Waals surface area contributed by atoms with Crippen molar-refractivity contribution in [3.63, 3.8) is 0 Å². The van der Waals surface area contributed by atoms with E-state index < -0.39 is 22.0 Å². The first-order valence-corrected chi connectivity index (χ1v) is 10.9. The zero-order valence-electron chi connectivity index (χ0n) is 16.5. The summed E-state index contributed by atoms with van der Waals surface area (Å²) in [5.41, 5.74) is 0.340. The number of anilines is 1. The molecule has 0 fully saturated rings. The number of carbonyl (C=O) groups excluding carboxylic acids is 2. The van der Waals surface area contributed by atoms with Gasteiger partial charge in [0, 0.05) is 25.6 Å². The maximum atomic E-state index is 12.7. The average molecular weight is 409 g/mol. The third-order valence-electron chi connectivity index (χ3n) is 4.35. The number of sulfonamides is 1. The number of rotatable bonds is 6. The van der Waals surface area contributed by atoms with Crippen LogP contribution in [0.15, 0.2) is 34.2 Å². The van der Waals surface area contributed by atoms with Crippen molar-refractivity contribution in [2.24, 2.45) is 10.9 Å². The molecular formula is C19H28N4O4S. The molecule has 0 aromatic heterocycles. The normalized spacial score (nSPS) is 15.9. The highest BCUT2D eigenvalue weighted by atomic mass is 32.2. The van der Waals surface area contributed by atoms with Gasteiger partial charge in [0.05, 0.1) is 4.90 Å². The van der Waals surface area contributed by atoms with Crippen LogP contribution >= 0.6 is 0 Å². The lowest BCUT2D eigenvalue weighted by atomic mass is 10.0. The van der Waals surface area contributed by atoms with Gasteiger partial charge in [0.2, 0.25) is 11.8 Å². The van der Waals surface area contributed by atoms with Crippen molar-refractivity contribution < 1.29 is 18.0 Å². The number of hydrogen-bond donors (Lipinski definition) is 3. The van der Waals surface area contributed by atoms with Gasteiger partial charge < -0.3 is 10.6 Å². The monoisotopic (exact) mass is 408 g/mol.